The summed E-state index contributed by atoms with van der Waals surface area (Å²) < 4.78 is 0.998. The summed E-state index contributed by atoms with van der Waals surface area (Å²) >= 11 is 0. The van der Waals surface area contributed by atoms with E-state index in [9.17, 15) is 19.2 Å². The maximum absolute atomic E-state index is 11.9. The van der Waals surface area contributed by atoms with Crippen molar-refractivity contribution in [3.63, 3.8) is 0 Å². The molecular weight excluding hydrogens is 254 g/mol. The van der Waals surface area contributed by atoms with Gasteiger partial charge in [-0.3, -0.25) is 19.1 Å². The van der Waals surface area contributed by atoms with Crippen LogP contribution in [0.3, 0.4) is 0 Å². The largest absolute Gasteiger partial charge is 0.480 e. The van der Waals surface area contributed by atoms with Gasteiger partial charge in [-0.05, 0) is 13.8 Å². The summed E-state index contributed by atoms with van der Waals surface area (Å²) in [6.07, 6.45) is 1.18. The van der Waals surface area contributed by atoms with Crippen LogP contribution >= 0.6 is 0 Å². The zero-order valence-corrected chi connectivity index (χ0v) is 10.8. The van der Waals surface area contributed by atoms with Crippen molar-refractivity contribution >= 4 is 11.9 Å². The molecule has 0 aliphatic carbocycles. The molecule has 0 unspecified atom stereocenters. The van der Waals surface area contributed by atoms with Gasteiger partial charge in [0, 0.05) is 19.3 Å². The van der Waals surface area contributed by atoms with Gasteiger partial charge in [0.1, 0.15) is 12.1 Å². The van der Waals surface area contributed by atoms with E-state index in [1.54, 1.807) is 0 Å². The second-order valence-corrected chi connectivity index (χ2v) is 4.55. The van der Waals surface area contributed by atoms with E-state index >= 15 is 0 Å². The molecule has 19 heavy (non-hydrogen) atoms. The Bertz CT molecular complexity index is 613. The van der Waals surface area contributed by atoms with E-state index in [1.165, 1.54) is 27.1 Å². The molecule has 8 heteroatoms. The molecule has 0 radical (unpaired) electrons. The molecule has 0 bridgehead atoms. The van der Waals surface area contributed by atoms with Gasteiger partial charge in [-0.2, -0.15) is 0 Å². The van der Waals surface area contributed by atoms with Gasteiger partial charge < -0.3 is 10.0 Å². The quantitative estimate of drug-likeness (QED) is 0.717. The summed E-state index contributed by atoms with van der Waals surface area (Å²) in [4.78, 5) is 48.2. The Kier molecular flexibility index (Phi) is 3.93. The molecule has 1 aromatic rings. The molecule has 0 spiro atoms. The molecule has 1 aromatic heterocycles. The van der Waals surface area contributed by atoms with Crippen LogP contribution in [0.25, 0.3) is 0 Å². The number of nitrogens with zero attached hydrogens (tertiary/aromatic N) is 2. The maximum Gasteiger partial charge on any atom is 0.329 e. The number of aromatic amines is 1. The highest BCUT2D eigenvalue weighted by molar-refractivity contribution is 5.86. The third-order valence-electron chi connectivity index (χ3n) is 2.94. The number of aliphatic carboxylic acids is 1. The van der Waals surface area contributed by atoms with Crippen molar-refractivity contribution in [1.29, 1.82) is 0 Å². The number of likely N-dealkylation sites (N-methyl/N-ethyl adjacent to an activating group) is 1. The molecule has 0 atom stereocenters. The summed E-state index contributed by atoms with van der Waals surface area (Å²) in [7, 11) is 1.34. The molecule has 0 saturated heterocycles. The number of amides is 1. The molecule has 104 valence electrons. The van der Waals surface area contributed by atoms with Gasteiger partial charge in [-0.15, -0.1) is 0 Å². The highest BCUT2D eigenvalue weighted by Gasteiger charge is 2.35. The van der Waals surface area contributed by atoms with Gasteiger partial charge >= 0.3 is 11.7 Å². The fourth-order valence-electron chi connectivity index (χ4n) is 1.28. The van der Waals surface area contributed by atoms with Crippen molar-refractivity contribution in [2.75, 3.05) is 7.05 Å². The molecule has 0 aromatic carbocycles. The van der Waals surface area contributed by atoms with Crippen LogP contribution in [-0.4, -0.2) is 44.0 Å². The highest BCUT2D eigenvalue weighted by Crippen LogP contribution is 2.12. The van der Waals surface area contributed by atoms with Gasteiger partial charge in [-0.1, -0.05) is 0 Å². The molecule has 2 N–H and O–H groups in total. The number of hydrogen-bond donors (Lipinski definition) is 2. The van der Waals surface area contributed by atoms with E-state index in [2.05, 4.69) is 0 Å². The van der Waals surface area contributed by atoms with E-state index in [4.69, 9.17) is 5.11 Å². The van der Waals surface area contributed by atoms with Gasteiger partial charge in [0.2, 0.25) is 5.91 Å². The first-order chi connectivity index (χ1) is 8.66. The van der Waals surface area contributed by atoms with Crippen molar-refractivity contribution in [2.24, 2.45) is 0 Å². The smallest absolute Gasteiger partial charge is 0.329 e. The number of aromatic nitrogens is 2. The van der Waals surface area contributed by atoms with Crippen LogP contribution in [-0.2, 0) is 16.1 Å². The Hall–Kier alpha value is -2.38. The number of carbonyl (C=O) groups excluding carboxylic acids is 1. The minimum absolute atomic E-state index is 0.344. The number of carboxylic acids is 1. The zero-order valence-electron chi connectivity index (χ0n) is 10.8. The third-order valence-corrected chi connectivity index (χ3v) is 2.94. The van der Waals surface area contributed by atoms with Gasteiger partial charge in [0.15, 0.2) is 0 Å². The van der Waals surface area contributed by atoms with Crippen molar-refractivity contribution in [1.82, 2.24) is 14.5 Å². The van der Waals surface area contributed by atoms with Crippen LogP contribution < -0.4 is 11.2 Å². The van der Waals surface area contributed by atoms with Crippen LogP contribution in [0.5, 0.6) is 0 Å². The van der Waals surface area contributed by atoms with Crippen molar-refractivity contribution < 1.29 is 14.7 Å². The Labute approximate surface area is 108 Å². The lowest BCUT2D eigenvalue weighted by molar-refractivity contribution is -0.155. The van der Waals surface area contributed by atoms with Crippen LogP contribution in [0.2, 0.25) is 0 Å². The Morgan fingerprint density at radius 2 is 2.00 bits per heavy atom. The van der Waals surface area contributed by atoms with E-state index in [0.29, 0.717) is 0 Å². The SMILES string of the molecule is CN(C(=O)Cn1ccc(=O)[nH]c1=O)C(C)(C)C(=O)O. The minimum Gasteiger partial charge on any atom is -0.480 e. The number of carbonyl (C=O) groups is 2. The van der Waals surface area contributed by atoms with Crippen molar-refractivity contribution in [3.8, 4) is 0 Å². The lowest BCUT2D eigenvalue weighted by atomic mass is 10.0. The second kappa shape index (κ2) is 5.09. The highest BCUT2D eigenvalue weighted by atomic mass is 16.4. The molecule has 0 aliphatic heterocycles. The Balaban J connectivity index is 2.94. The summed E-state index contributed by atoms with van der Waals surface area (Å²) in [5, 5.41) is 9.01. The van der Waals surface area contributed by atoms with Crippen molar-refractivity contribution in [2.45, 2.75) is 25.9 Å². The number of rotatable bonds is 4. The lowest BCUT2D eigenvalue weighted by Gasteiger charge is -2.31. The van der Waals surface area contributed by atoms with E-state index < -0.39 is 28.7 Å². The Morgan fingerprint density at radius 3 is 2.47 bits per heavy atom. The third kappa shape index (κ3) is 3.09. The van der Waals surface area contributed by atoms with E-state index in [1.807, 2.05) is 4.98 Å². The normalized spacial score (nSPS) is 11.1. The first kappa shape index (κ1) is 14.7. The summed E-state index contributed by atoms with van der Waals surface area (Å²) in [5.41, 5.74) is -2.67. The van der Waals surface area contributed by atoms with Gasteiger partial charge in [0.25, 0.3) is 5.56 Å². The Morgan fingerprint density at radius 1 is 1.42 bits per heavy atom. The molecule has 0 fully saturated rings. The zero-order chi connectivity index (χ0) is 14.8. The topological polar surface area (TPSA) is 112 Å². The van der Waals surface area contributed by atoms with Gasteiger partial charge in [0.05, 0.1) is 0 Å². The van der Waals surface area contributed by atoms with Crippen LogP contribution in [0.1, 0.15) is 13.8 Å². The average molecular weight is 269 g/mol. The average Bonchev–Trinajstić information content (AvgIpc) is 2.31. The maximum atomic E-state index is 11.9. The summed E-state index contributed by atoms with van der Waals surface area (Å²) in [6, 6.07) is 1.11. The van der Waals surface area contributed by atoms with Crippen molar-refractivity contribution in [3.05, 3.63) is 33.1 Å². The number of hydrogen-bond acceptors (Lipinski definition) is 4. The monoisotopic (exact) mass is 269 g/mol. The molecule has 1 amide bonds. The van der Waals surface area contributed by atoms with E-state index in [0.717, 1.165) is 15.5 Å². The number of nitrogens with one attached hydrogen (secondary N) is 1. The summed E-state index contributed by atoms with van der Waals surface area (Å²) in [6.45, 7) is 2.41. The minimum atomic E-state index is -1.39. The molecule has 0 saturated carbocycles. The lowest BCUT2D eigenvalue weighted by Crippen LogP contribution is -2.52. The molecule has 0 aliphatic rings. The van der Waals surface area contributed by atoms with Crippen LogP contribution in [0, 0.1) is 0 Å². The van der Waals surface area contributed by atoms with E-state index in [-0.39, 0.29) is 6.54 Å². The van der Waals surface area contributed by atoms with Crippen LogP contribution in [0.15, 0.2) is 21.9 Å². The van der Waals surface area contributed by atoms with Crippen LogP contribution in [0.4, 0.5) is 0 Å². The molecule has 8 nitrogen and oxygen atoms in total. The fraction of sp³-hybridized carbons (Fsp3) is 0.455. The fourth-order valence-corrected chi connectivity index (χ4v) is 1.28. The standard InChI is InChI=1S/C11H15N3O5/c1-11(2,9(17)18)13(3)8(16)6-14-5-4-7(15)12-10(14)19/h4-5H,6H2,1-3H3,(H,17,18)(H,12,15,19). The predicted molar refractivity (Wildman–Crippen MR) is 65.8 cm³/mol. The predicted octanol–water partition coefficient (Wildman–Crippen LogP) is -1.14. The first-order valence-corrected chi connectivity index (χ1v) is 5.46. The first-order valence-electron chi connectivity index (χ1n) is 5.46. The molecule has 1 rings (SSSR count). The second-order valence-electron chi connectivity index (χ2n) is 4.55. The molecular formula is C11H15N3O5. The summed E-state index contributed by atoms with van der Waals surface area (Å²) in [5.74, 6) is -1.71. The molecule has 1 heterocycles. The number of H-pyrrole nitrogens is 1. The van der Waals surface area contributed by atoms with Gasteiger partial charge in [-0.25, -0.2) is 9.59 Å². The number of carboxylic acid groups (broad SMARTS) is 1.